The molecule has 0 saturated carbocycles. The summed E-state index contributed by atoms with van der Waals surface area (Å²) in [6, 6.07) is 1.61. The minimum atomic E-state index is -0.571. The second-order valence-electron chi connectivity index (χ2n) is 3.98. The fourth-order valence-corrected chi connectivity index (χ4v) is 1.45. The quantitative estimate of drug-likeness (QED) is 0.788. The number of methoxy groups -OCH3 is 1. The van der Waals surface area contributed by atoms with Crippen LogP contribution in [0.5, 0.6) is 0 Å². The van der Waals surface area contributed by atoms with Crippen LogP contribution in [0.3, 0.4) is 0 Å². The average Bonchev–Trinajstić information content (AvgIpc) is 3.05. The molecular formula is C11H13N5O4. The van der Waals surface area contributed by atoms with E-state index in [0.29, 0.717) is 11.6 Å². The third-order valence-corrected chi connectivity index (χ3v) is 2.40. The Labute approximate surface area is 113 Å². The van der Waals surface area contributed by atoms with E-state index in [1.165, 1.54) is 18.0 Å². The number of nitrogens with one attached hydrogen (secondary N) is 1. The van der Waals surface area contributed by atoms with E-state index in [4.69, 9.17) is 4.52 Å². The molecule has 2 aromatic rings. The van der Waals surface area contributed by atoms with E-state index in [9.17, 15) is 9.59 Å². The van der Waals surface area contributed by atoms with Crippen LogP contribution in [-0.2, 0) is 16.1 Å². The molecule has 20 heavy (non-hydrogen) atoms. The zero-order chi connectivity index (χ0) is 14.5. The van der Waals surface area contributed by atoms with Crippen molar-refractivity contribution in [2.24, 2.45) is 0 Å². The van der Waals surface area contributed by atoms with Crippen LogP contribution in [0.2, 0.25) is 0 Å². The predicted molar refractivity (Wildman–Crippen MR) is 65.8 cm³/mol. The maximum Gasteiger partial charge on any atom is 0.360 e. The van der Waals surface area contributed by atoms with E-state index in [1.54, 1.807) is 13.0 Å². The van der Waals surface area contributed by atoms with Gasteiger partial charge in [0.05, 0.1) is 19.9 Å². The highest BCUT2D eigenvalue weighted by Crippen LogP contribution is 2.07. The van der Waals surface area contributed by atoms with Crippen LogP contribution in [0.1, 0.15) is 22.7 Å². The SMILES string of the molecule is COC(=O)c1cn(CCC(=O)Nc2cc(C)on2)nn1. The molecule has 1 N–H and O–H groups in total. The lowest BCUT2D eigenvalue weighted by Crippen LogP contribution is -2.15. The van der Waals surface area contributed by atoms with Gasteiger partial charge in [-0.3, -0.25) is 9.48 Å². The van der Waals surface area contributed by atoms with Gasteiger partial charge in [-0.05, 0) is 6.92 Å². The molecule has 9 heteroatoms. The molecule has 0 saturated heterocycles. The van der Waals surface area contributed by atoms with Gasteiger partial charge in [-0.15, -0.1) is 5.10 Å². The predicted octanol–water partition coefficient (Wildman–Crippen LogP) is 0.390. The van der Waals surface area contributed by atoms with E-state index in [0.717, 1.165) is 0 Å². The van der Waals surface area contributed by atoms with E-state index in [1.807, 2.05) is 0 Å². The lowest BCUT2D eigenvalue weighted by Gasteiger charge is -2.00. The number of hydrogen-bond donors (Lipinski definition) is 1. The van der Waals surface area contributed by atoms with Crippen LogP contribution in [0, 0.1) is 6.92 Å². The Bertz CT molecular complexity index is 618. The standard InChI is InChI=1S/C11H13N5O4/c1-7-5-9(14-20-7)12-10(17)3-4-16-6-8(13-15-16)11(18)19-2/h5-6H,3-4H2,1-2H3,(H,12,14,17). The summed E-state index contributed by atoms with van der Waals surface area (Å²) in [7, 11) is 1.26. The van der Waals surface area contributed by atoms with Gasteiger partial charge in [-0.2, -0.15) is 0 Å². The number of esters is 1. The Hall–Kier alpha value is -2.71. The zero-order valence-corrected chi connectivity index (χ0v) is 11.0. The summed E-state index contributed by atoms with van der Waals surface area (Å²) in [6.45, 7) is 2.01. The molecule has 0 unspecified atom stereocenters. The van der Waals surface area contributed by atoms with E-state index >= 15 is 0 Å². The van der Waals surface area contributed by atoms with Crippen molar-refractivity contribution in [3.63, 3.8) is 0 Å². The molecule has 0 radical (unpaired) electrons. The van der Waals surface area contributed by atoms with Crippen molar-refractivity contribution in [2.75, 3.05) is 12.4 Å². The summed E-state index contributed by atoms with van der Waals surface area (Å²) in [5.74, 6) is 0.160. The molecule has 2 aromatic heterocycles. The summed E-state index contributed by atoms with van der Waals surface area (Å²) >= 11 is 0. The van der Waals surface area contributed by atoms with Crippen molar-refractivity contribution in [3.05, 3.63) is 23.7 Å². The monoisotopic (exact) mass is 279 g/mol. The van der Waals surface area contributed by atoms with Gasteiger partial charge >= 0.3 is 5.97 Å². The Kier molecular flexibility index (Phi) is 4.08. The van der Waals surface area contributed by atoms with Gasteiger partial charge in [0.1, 0.15) is 5.76 Å². The second-order valence-corrected chi connectivity index (χ2v) is 3.98. The first kappa shape index (κ1) is 13.7. The van der Waals surface area contributed by atoms with E-state index in [2.05, 4.69) is 25.5 Å². The molecule has 0 fully saturated rings. The average molecular weight is 279 g/mol. The highest BCUT2D eigenvalue weighted by Gasteiger charge is 2.11. The normalized spacial score (nSPS) is 10.3. The number of aromatic nitrogens is 4. The molecular weight excluding hydrogens is 266 g/mol. The topological polar surface area (TPSA) is 112 Å². The Morgan fingerprint density at radius 1 is 1.50 bits per heavy atom. The summed E-state index contributed by atoms with van der Waals surface area (Å²) in [5.41, 5.74) is 0.0973. The zero-order valence-electron chi connectivity index (χ0n) is 11.0. The first-order valence-corrected chi connectivity index (χ1v) is 5.80. The van der Waals surface area contributed by atoms with Gasteiger partial charge in [0.25, 0.3) is 0 Å². The molecule has 0 atom stereocenters. The number of ether oxygens (including phenoxy) is 1. The van der Waals surface area contributed by atoms with Gasteiger partial charge in [0.2, 0.25) is 5.91 Å². The van der Waals surface area contributed by atoms with Crippen molar-refractivity contribution >= 4 is 17.7 Å². The lowest BCUT2D eigenvalue weighted by atomic mass is 10.4. The molecule has 1 amide bonds. The van der Waals surface area contributed by atoms with Gasteiger partial charge < -0.3 is 14.6 Å². The maximum absolute atomic E-state index is 11.6. The molecule has 2 heterocycles. The molecule has 0 spiro atoms. The van der Waals surface area contributed by atoms with Gasteiger partial charge in [0, 0.05) is 12.5 Å². The minimum absolute atomic E-state index is 0.0973. The number of anilines is 1. The van der Waals surface area contributed by atoms with Crippen LogP contribution in [0.25, 0.3) is 0 Å². The Balaban J connectivity index is 1.84. The van der Waals surface area contributed by atoms with Crippen LogP contribution < -0.4 is 5.32 Å². The lowest BCUT2D eigenvalue weighted by molar-refractivity contribution is -0.116. The van der Waals surface area contributed by atoms with Crippen molar-refractivity contribution < 1.29 is 18.8 Å². The third-order valence-electron chi connectivity index (χ3n) is 2.40. The number of carbonyl (C=O) groups excluding carboxylic acids is 2. The van der Waals surface area contributed by atoms with Gasteiger partial charge in [-0.25, -0.2) is 4.79 Å². The maximum atomic E-state index is 11.6. The van der Waals surface area contributed by atoms with Crippen molar-refractivity contribution in [1.82, 2.24) is 20.2 Å². The molecule has 2 rings (SSSR count). The molecule has 106 valence electrons. The van der Waals surface area contributed by atoms with Crippen LogP contribution in [-0.4, -0.2) is 39.1 Å². The summed E-state index contributed by atoms with van der Waals surface area (Å²) in [5, 5.41) is 13.6. The van der Waals surface area contributed by atoms with Crippen molar-refractivity contribution in [3.8, 4) is 0 Å². The fourth-order valence-electron chi connectivity index (χ4n) is 1.45. The molecule has 9 nitrogen and oxygen atoms in total. The largest absolute Gasteiger partial charge is 0.464 e. The minimum Gasteiger partial charge on any atom is -0.464 e. The number of aryl methyl sites for hydroxylation is 2. The van der Waals surface area contributed by atoms with Gasteiger partial charge in [0.15, 0.2) is 11.5 Å². The van der Waals surface area contributed by atoms with Crippen LogP contribution in [0.4, 0.5) is 5.82 Å². The number of nitrogens with zero attached hydrogens (tertiary/aromatic N) is 4. The number of rotatable bonds is 5. The number of hydrogen-bond acceptors (Lipinski definition) is 7. The number of carbonyl (C=O) groups is 2. The Morgan fingerprint density at radius 3 is 2.95 bits per heavy atom. The summed E-state index contributed by atoms with van der Waals surface area (Å²) < 4.78 is 10.7. The fraction of sp³-hybridized carbons (Fsp3) is 0.364. The second kappa shape index (κ2) is 5.95. The van der Waals surface area contributed by atoms with E-state index in [-0.39, 0.29) is 24.6 Å². The summed E-state index contributed by atoms with van der Waals surface area (Å²) in [4.78, 5) is 22.8. The highest BCUT2D eigenvalue weighted by molar-refractivity contribution is 5.89. The number of amides is 1. The molecule has 0 aromatic carbocycles. The van der Waals surface area contributed by atoms with Crippen LogP contribution in [0.15, 0.2) is 16.8 Å². The van der Waals surface area contributed by atoms with Crippen molar-refractivity contribution in [1.29, 1.82) is 0 Å². The van der Waals surface area contributed by atoms with E-state index < -0.39 is 5.97 Å². The Morgan fingerprint density at radius 2 is 2.30 bits per heavy atom. The molecule has 0 aliphatic carbocycles. The van der Waals surface area contributed by atoms with Gasteiger partial charge in [-0.1, -0.05) is 10.4 Å². The highest BCUT2D eigenvalue weighted by atomic mass is 16.5. The smallest absolute Gasteiger partial charge is 0.360 e. The third kappa shape index (κ3) is 3.40. The molecule has 0 aliphatic rings. The molecule has 0 aliphatic heterocycles. The van der Waals surface area contributed by atoms with Crippen molar-refractivity contribution in [2.45, 2.75) is 19.9 Å². The molecule has 0 bridgehead atoms. The summed E-state index contributed by atoms with van der Waals surface area (Å²) in [6.07, 6.45) is 1.58. The first-order chi connectivity index (χ1) is 9.58. The van der Waals surface area contributed by atoms with Crippen LogP contribution >= 0.6 is 0 Å². The first-order valence-electron chi connectivity index (χ1n) is 5.80.